The lowest BCUT2D eigenvalue weighted by Gasteiger charge is -2.30. The molecule has 1 unspecified atom stereocenters. The van der Waals surface area contributed by atoms with Crippen LogP contribution in [0.5, 0.6) is 0 Å². The first-order valence-electron chi connectivity index (χ1n) is 4.09. The number of hydrogen-bond donors (Lipinski definition) is 1. The molecule has 2 heteroatoms. The van der Waals surface area contributed by atoms with Gasteiger partial charge >= 0.3 is 0 Å². The zero-order chi connectivity index (χ0) is 8.10. The van der Waals surface area contributed by atoms with Crippen LogP contribution >= 0.6 is 0 Å². The number of rotatable bonds is 2. The molecule has 0 radical (unpaired) electrons. The summed E-state index contributed by atoms with van der Waals surface area (Å²) in [5, 5.41) is 3.38. The van der Waals surface area contributed by atoms with Gasteiger partial charge in [0.15, 0.2) is 0 Å². The SMILES string of the molecule is C=C/C=C\N1CCC(C)NC1. The standard InChI is InChI=1S/C9H16N2/c1-3-4-6-11-7-5-9(2)10-8-11/h3-4,6,9-10H,1,5,7-8H2,2H3/b6-4-. The highest BCUT2D eigenvalue weighted by atomic mass is 15.2. The van der Waals surface area contributed by atoms with E-state index in [9.17, 15) is 0 Å². The minimum absolute atomic E-state index is 0.670. The van der Waals surface area contributed by atoms with Crippen LogP contribution in [0.15, 0.2) is 24.9 Å². The maximum atomic E-state index is 3.63. The molecule has 1 aliphatic rings. The summed E-state index contributed by atoms with van der Waals surface area (Å²) >= 11 is 0. The Morgan fingerprint density at radius 1 is 1.64 bits per heavy atom. The van der Waals surface area contributed by atoms with Gasteiger partial charge < -0.3 is 4.90 Å². The molecule has 1 rings (SSSR count). The Balaban J connectivity index is 2.27. The van der Waals surface area contributed by atoms with Crippen LogP contribution in [0.1, 0.15) is 13.3 Å². The Bertz CT molecular complexity index is 144. The molecule has 0 aromatic heterocycles. The van der Waals surface area contributed by atoms with E-state index in [1.165, 1.54) is 6.42 Å². The Morgan fingerprint density at radius 2 is 2.45 bits per heavy atom. The van der Waals surface area contributed by atoms with Crippen LogP contribution in [0.3, 0.4) is 0 Å². The second kappa shape index (κ2) is 4.19. The van der Waals surface area contributed by atoms with Gasteiger partial charge in [0.1, 0.15) is 0 Å². The maximum absolute atomic E-state index is 3.63. The maximum Gasteiger partial charge on any atom is 0.0678 e. The van der Waals surface area contributed by atoms with Crippen molar-refractivity contribution < 1.29 is 0 Å². The molecule has 1 heterocycles. The first-order chi connectivity index (χ1) is 5.33. The summed E-state index contributed by atoms with van der Waals surface area (Å²) < 4.78 is 0. The van der Waals surface area contributed by atoms with Crippen LogP contribution in [-0.2, 0) is 0 Å². The van der Waals surface area contributed by atoms with Gasteiger partial charge in [-0.05, 0) is 19.4 Å². The fraction of sp³-hybridized carbons (Fsp3) is 0.556. The van der Waals surface area contributed by atoms with E-state index in [1.807, 2.05) is 6.08 Å². The third kappa shape index (κ3) is 2.76. The molecule has 0 amide bonds. The molecule has 0 aliphatic carbocycles. The summed E-state index contributed by atoms with van der Waals surface area (Å²) in [7, 11) is 0. The molecule has 1 aliphatic heterocycles. The molecule has 0 bridgehead atoms. The van der Waals surface area contributed by atoms with E-state index in [0.717, 1.165) is 13.2 Å². The van der Waals surface area contributed by atoms with Crippen molar-refractivity contribution >= 4 is 0 Å². The second-order valence-electron chi connectivity index (χ2n) is 2.94. The fourth-order valence-electron chi connectivity index (χ4n) is 1.12. The smallest absolute Gasteiger partial charge is 0.0678 e. The van der Waals surface area contributed by atoms with E-state index in [2.05, 4.69) is 29.9 Å². The summed E-state index contributed by atoms with van der Waals surface area (Å²) in [4.78, 5) is 2.25. The van der Waals surface area contributed by atoms with Crippen LogP contribution < -0.4 is 5.32 Å². The van der Waals surface area contributed by atoms with Crippen molar-refractivity contribution in [2.75, 3.05) is 13.2 Å². The van der Waals surface area contributed by atoms with Gasteiger partial charge in [0, 0.05) is 18.8 Å². The van der Waals surface area contributed by atoms with Crippen molar-refractivity contribution in [3.8, 4) is 0 Å². The van der Waals surface area contributed by atoms with Gasteiger partial charge in [-0.15, -0.1) is 0 Å². The minimum Gasteiger partial charge on any atom is -0.365 e. The average Bonchev–Trinajstić information content (AvgIpc) is 2.04. The van der Waals surface area contributed by atoms with E-state index in [1.54, 1.807) is 6.08 Å². The average molecular weight is 152 g/mol. The summed E-state index contributed by atoms with van der Waals surface area (Å²) in [5.74, 6) is 0. The van der Waals surface area contributed by atoms with Crippen molar-refractivity contribution in [3.05, 3.63) is 24.9 Å². The summed E-state index contributed by atoms with van der Waals surface area (Å²) in [6.45, 7) is 7.96. The highest BCUT2D eigenvalue weighted by molar-refractivity contribution is 4.97. The van der Waals surface area contributed by atoms with Crippen molar-refractivity contribution in [1.82, 2.24) is 10.2 Å². The minimum atomic E-state index is 0.670. The van der Waals surface area contributed by atoms with Crippen LogP contribution in [-0.4, -0.2) is 24.2 Å². The Morgan fingerprint density at radius 3 is 3.00 bits per heavy atom. The molecule has 11 heavy (non-hydrogen) atoms. The molecule has 1 atom stereocenters. The van der Waals surface area contributed by atoms with Gasteiger partial charge in [0.2, 0.25) is 0 Å². The first kappa shape index (κ1) is 8.34. The molecule has 0 aromatic rings. The zero-order valence-electron chi connectivity index (χ0n) is 7.09. The molecule has 0 saturated carbocycles. The Labute approximate surface area is 68.6 Å². The highest BCUT2D eigenvalue weighted by Gasteiger charge is 2.10. The van der Waals surface area contributed by atoms with Crippen LogP contribution in [0, 0.1) is 0 Å². The van der Waals surface area contributed by atoms with Gasteiger partial charge in [-0.1, -0.05) is 12.7 Å². The van der Waals surface area contributed by atoms with Gasteiger partial charge in [-0.3, -0.25) is 5.32 Å². The lowest BCUT2D eigenvalue weighted by Crippen LogP contribution is -2.43. The molecule has 1 N–H and O–H groups in total. The van der Waals surface area contributed by atoms with Gasteiger partial charge in [-0.25, -0.2) is 0 Å². The number of nitrogens with one attached hydrogen (secondary N) is 1. The van der Waals surface area contributed by atoms with Crippen molar-refractivity contribution in [1.29, 1.82) is 0 Å². The topological polar surface area (TPSA) is 15.3 Å². The van der Waals surface area contributed by atoms with Crippen LogP contribution in [0.2, 0.25) is 0 Å². The van der Waals surface area contributed by atoms with Crippen LogP contribution in [0.4, 0.5) is 0 Å². The number of allylic oxidation sites excluding steroid dienone is 2. The predicted molar refractivity (Wildman–Crippen MR) is 48.1 cm³/mol. The van der Waals surface area contributed by atoms with Crippen molar-refractivity contribution in [2.24, 2.45) is 0 Å². The zero-order valence-corrected chi connectivity index (χ0v) is 7.09. The van der Waals surface area contributed by atoms with Crippen LogP contribution in [0.25, 0.3) is 0 Å². The van der Waals surface area contributed by atoms with Crippen molar-refractivity contribution in [3.63, 3.8) is 0 Å². The monoisotopic (exact) mass is 152 g/mol. The van der Waals surface area contributed by atoms with E-state index < -0.39 is 0 Å². The van der Waals surface area contributed by atoms with E-state index >= 15 is 0 Å². The fourth-order valence-corrected chi connectivity index (χ4v) is 1.12. The summed E-state index contributed by atoms with van der Waals surface area (Å²) in [6.07, 6.45) is 7.07. The molecule has 62 valence electrons. The summed E-state index contributed by atoms with van der Waals surface area (Å²) in [6, 6.07) is 0.670. The molecular weight excluding hydrogens is 136 g/mol. The Hall–Kier alpha value is -0.760. The normalized spacial score (nSPS) is 25.9. The van der Waals surface area contributed by atoms with Gasteiger partial charge in [0.25, 0.3) is 0 Å². The largest absolute Gasteiger partial charge is 0.365 e. The molecule has 1 fully saturated rings. The Kier molecular flexibility index (Phi) is 3.17. The lowest BCUT2D eigenvalue weighted by atomic mass is 10.2. The van der Waals surface area contributed by atoms with E-state index in [-0.39, 0.29) is 0 Å². The van der Waals surface area contributed by atoms with Gasteiger partial charge in [0.05, 0.1) is 6.67 Å². The van der Waals surface area contributed by atoms with E-state index in [0.29, 0.717) is 6.04 Å². The van der Waals surface area contributed by atoms with Crippen molar-refractivity contribution in [2.45, 2.75) is 19.4 Å². The first-order valence-corrected chi connectivity index (χ1v) is 4.09. The molecular formula is C9H16N2. The van der Waals surface area contributed by atoms with Gasteiger partial charge in [-0.2, -0.15) is 0 Å². The lowest BCUT2D eigenvalue weighted by molar-refractivity contribution is 0.253. The number of hydrogen-bond acceptors (Lipinski definition) is 2. The molecule has 0 spiro atoms. The molecule has 2 nitrogen and oxygen atoms in total. The van der Waals surface area contributed by atoms with E-state index in [4.69, 9.17) is 0 Å². The quantitative estimate of drug-likeness (QED) is 0.600. The molecule has 0 aromatic carbocycles. The third-order valence-corrected chi connectivity index (χ3v) is 1.93. The summed E-state index contributed by atoms with van der Waals surface area (Å²) in [5.41, 5.74) is 0. The highest BCUT2D eigenvalue weighted by Crippen LogP contribution is 2.02. The predicted octanol–water partition coefficient (Wildman–Crippen LogP) is 1.33. The molecule has 1 saturated heterocycles. The second-order valence-corrected chi connectivity index (χ2v) is 2.94. The third-order valence-electron chi connectivity index (χ3n) is 1.93. The number of nitrogens with zero attached hydrogens (tertiary/aromatic N) is 1.